The molecule has 0 fully saturated rings. The van der Waals surface area contributed by atoms with Gasteiger partial charge >= 0.3 is 0 Å². The number of benzene rings is 1. The highest BCUT2D eigenvalue weighted by atomic mass is 16.5. The second-order valence-electron chi connectivity index (χ2n) is 5.04. The van der Waals surface area contributed by atoms with Gasteiger partial charge in [0.2, 0.25) is 0 Å². The number of hydrogen-bond donors (Lipinski definition) is 1. The van der Waals surface area contributed by atoms with E-state index in [-0.39, 0.29) is 5.91 Å². The van der Waals surface area contributed by atoms with Crippen molar-refractivity contribution >= 4 is 11.6 Å². The Bertz CT molecular complexity index is 836. The number of ether oxygens (including phenoxy) is 1. The normalized spacial score (nSPS) is 10.6. The summed E-state index contributed by atoms with van der Waals surface area (Å²) in [5.41, 5.74) is 1.78. The first-order chi connectivity index (χ1) is 11.1. The zero-order valence-electron chi connectivity index (χ0n) is 13.1. The van der Waals surface area contributed by atoms with E-state index in [9.17, 15) is 4.79 Å². The van der Waals surface area contributed by atoms with Gasteiger partial charge < -0.3 is 10.1 Å². The van der Waals surface area contributed by atoms with Gasteiger partial charge in [-0.05, 0) is 25.1 Å². The lowest BCUT2D eigenvalue weighted by Crippen LogP contribution is -2.16. The molecular weight excluding hydrogens is 294 g/mol. The van der Waals surface area contributed by atoms with Crippen LogP contribution in [0, 0.1) is 6.92 Å². The van der Waals surface area contributed by atoms with Crippen LogP contribution in [-0.4, -0.2) is 32.6 Å². The van der Waals surface area contributed by atoms with Crippen LogP contribution in [0.4, 0.5) is 5.69 Å². The number of methoxy groups -OCH3 is 1. The summed E-state index contributed by atoms with van der Waals surface area (Å²) in [6.45, 7) is 1.80. The maximum atomic E-state index is 12.7. The van der Waals surface area contributed by atoms with Crippen molar-refractivity contribution in [3.8, 4) is 11.6 Å². The van der Waals surface area contributed by atoms with E-state index in [1.165, 1.54) is 0 Å². The van der Waals surface area contributed by atoms with Crippen LogP contribution in [0.25, 0.3) is 5.82 Å². The Morgan fingerprint density at radius 1 is 1.30 bits per heavy atom. The number of aromatic nitrogens is 4. The molecular formula is C16H17N5O2. The van der Waals surface area contributed by atoms with E-state index < -0.39 is 0 Å². The number of rotatable bonds is 4. The van der Waals surface area contributed by atoms with Crippen LogP contribution in [-0.2, 0) is 7.05 Å². The third-order valence-electron chi connectivity index (χ3n) is 3.47. The molecule has 1 N–H and O–H groups in total. The Kier molecular flexibility index (Phi) is 3.84. The molecule has 0 saturated carbocycles. The van der Waals surface area contributed by atoms with Gasteiger partial charge in [-0.3, -0.25) is 4.79 Å². The van der Waals surface area contributed by atoms with E-state index in [1.807, 2.05) is 12.1 Å². The molecule has 3 aromatic rings. The van der Waals surface area contributed by atoms with Gasteiger partial charge in [0.15, 0.2) is 5.82 Å². The van der Waals surface area contributed by atoms with Crippen LogP contribution < -0.4 is 10.1 Å². The van der Waals surface area contributed by atoms with Crippen molar-refractivity contribution in [1.82, 2.24) is 19.6 Å². The molecule has 0 aliphatic rings. The van der Waals surface area contributed by atoms with Gasteiger partial charge in [-0.25, -0.2) is 9.36 Å². The van der Waals surface area contributed by atoms with E-state index >= 15 is 0 Å². The van der Waals surface area contributed by atoms with Crippen molar-refractivity contribution in [3.63, 3.8) is 0 Å². The summed E-state index contributed by atoms with van der Waals surface area (Å²) < 4.78 is 8.44. The Hall–Kier alpha value is -3.09. The summed E-state index contributed by atoms with van der Waals surface area (Å²) in [5.74, 6) is 1.06. The zero-order chi connectivity index (χ0) is 16.4. The first kappa shape index (κ1) is 14.8. The van der Waals surface area contributed by atoms with Gasteiger partial charge in [0.05, 0.1) is 12.8 Å². The minimum absolute atomic E-state index is 0.241. The Morgan fingerprint density at radius 2 is 2.13 bits per heavy atom. The molecule has 2 heterocycles. The van der Waals surface area contributed by atoms with E-state index in [2.05, 4.69) is 15.5 Å². The third kappa shape index (κ3) is 2.80. The lowest BCUT2D eigenvalue weighted by molar-refractivity contribution is 0.102. The van der Waals surface area contributed by atoms with Crippen LogP contribution in [0.2, 0.25) is 0 Å². The molecule has 0 unspecified atom stereocenters. The number of hydrogen-bond acceptors (Lipinski definition) is 4. The van der Waals surface area contributed by atoms with Crippen molar-refractivity contribution in [2.45, 2.75) is 6.92 Å². The van der Waals surface area contributed by atoms with Crippen molar-refractivity contribution in [1.29, 1.82) is 0 Å². The van der Waals surface area contributed by atoms with Gasteiger partial charge in [0, 0.05) is 31.2 Å². The molecule has 0 saturated heterocycles. The average Bonchev–Trinajstić information content (AvgIpc) is 3.14. The highest BCUT2D eigenvalue weighted by Crippen LogP contribution is 2.21. The van der Waals surface area contributed by atoms with E-state index in [0.717, 1.165) is 0 Å². The minimum atomic E-state index is -0.241. The number of amides is 1. The topological polar surface area (TPSA) is 74.0 Å². The molecule has 1 amide bonds. The average molecular weight is 311 g/mol. The Labute approximate surface area is 133 Å². The van der Waals surface area contributed by atoms with Crippen molar-refractivity contribution < 1.29 is 9.53 Å². The number of carbonyl (C=O) groups is 1. The largest absolute Gasteiger partial charge is 0.497 e. The van der Waals surface area contributed by atoms with Crippen molar-refractivity contribution in [2.75, 3.05) is 12.4 Å². The maximum absolute atomic E-state index is 12.7. The Morgan fingerprint density at radius 3 is 2.83 bits per heavy atom. The zero-order valence-corrected chi connectivity index (χ0v) is 13.1. The number of nitrogens with zero attached hydrogens (tertiary/aromatic N) is 4. The molecule has 0 spiro atoms. The quantitative estimate of drug-likeness (QED) is 0.801. The van der Waals surface area contributed by atoms with Crippen molar-refractivity contribution in [2.24, 2.45) is 7.05 Å². The number of carbonyl (C=O) groups excluding carboxylic acids is 1. The number of nitrogens with one attached hydrogen (secondary N) is 1. The summed E-state index contributed by atoms with van der Waals surface area (Å²) in [7, 11) is 3.37. The van der Waals surface area contributed by atoms with Gasteiger partial charge in [0.25, 0.3) is 5.91 Å². The number of aryl methyl sites for hydroxylation is 2. The second kappa shape index (κ2) is 5.96. The fourth-order valence-electron chi connectivity index (χ4n) is 2.46. The first-order valence-electron chi connectivity index (χ1n) is 7.09. The summed E-state index contributed by atoms with van der Waals surface area (Å²) >= 11 is 0. The van der Waals surface area contributed by atoms with E-state index in [1.54, 1.807) is 61.0 Å². The molecule has 0 aliphatic heterocycles. The first-order valence-corrected chi connectivity index (χ1v) is 7.09. The van der Waals surface area contributed by atoms with E-state index in [0.29, 0.717) is 28.5 Å². The summed E-state index contributed by atoms with van der Waals surface area (Å²) in [4.78, 5) is 12.7. The smallest absolute Gasteiger partial charge is 0.261 e. The molecule has 7 heteroatoms. The van der Waals surface area contributed by atoms with Crippen molar-refractivity contribution in [3.05, 3.63) is 54.0 Å². The summed E-state index contributed by atoms with van der Waals surface area (Å²) in [6, 6.07) is 9.00. The fourth-order valence-corrected chi connectivity index (χ4v) is 2.46. The molecule has 118 valence electrons. The number of anilines is 1. The van der Waals surface area contributed by atoms with E-state index in [4.69, 9.17) is 4.74 Å². The lowest BCUT2D eigenvalue weighted by atomic mass is 10.2. The predicted molar refractivity (Wildman–Crippen MR) is 86.0 cm³/mol. The molecule has 7 nitrogen and oxygen atoms in total. The van der Waals surface area contributed by atoms with Gasteiger partial charge in [0.1, 0.15) is 11.3 Å². The molecule has 0 radical (unpaired) electrons. The van der Waals surface area contributed by atoms with Gasteiger partial charge in [-0.2, -0.15) is 10.2 Å². The van der Waals surface area contributed by atoms with Crippen LogP contribution >= 0.6 is 0 Å². The van der Waals surface area contributed by atoms with Crippen LogP contribution in [0.15, 0.2) is 42.7 Å². The summed E-state index contributed by atoms with van der Waals surface area (Å²) in [5, 5.41) is 11.4. The predicted octanol–water partition coefficient (Wildman–Crippen LogP) is 2.18. The van der Waals surface area contributed by atoms with Crippen LogP contribution in [0.1, 0.15) is 16.1 Å². The SMILES string of the molecule is COc1cccc(NC(=O)c2c(C)nn(C)c2-n2cccn2)c1. The molecule has 0 bridgehead atoms. The molecule has 1 aromatic carbocycles. The highest BCUT2D eigenvalue weighted by molar-refractivity contribution is 6.07. The molecule has 0 atom stereocenters. The standard InChI is InChI=1S/C16H17N5O2/c1-11-14(16(20(2)19-11)21-9-5-8-17-21)15(22)18-12-6-4-7-13(10-12)23-3/h4-10H,1-3H3,(H,18,22). The molecule has 3 rings (SSSR count). The fraction of sp³-hybridized carbons (Fsp3) is 0.188. The Balaban J connectivity index is 1.96. The summed E-state index contributed by atoms with van der Waals surface area (Å²) in [6.07, 6.45) is 3.44. The van der Waals surface area contributed by atoms with Crippen LogP contribution in [0.3, 0.4) is 0 Å². The molecule has 23 heavy (non-hydrogen) atoms. The maximum Gasteiger partial charge on any atom is 0.261 e. The highest BCUT2D eigenvalue weighted by Gasteiger charge is 2.22. The van der Waals surface area contributed by atoms with Gasteiger partial charge in [-0.15, -0.1) is 0 Å². The van der Waals surface area contributed by atoms with Gasteiger partial charge in [-0.1, -0.05) is 6.07 Å². The second-order valence-corrected chi connectivity index (χ2v) is 5.04. The lowest BCUT2D eigenvalue weighted by Gasteiger charge is -2.09. The monoisotopic (exact) mass is 311 g/mol. The third-order valence-corrected chi connectivity index (χ3v) is 3.47. The minimum Gasteiger partial charge on any atom is -0.497 e. The molecule has 0 aliphatic carbocycles. The van der Waals surface area contributed by atoms with Crippen LogP contribution in [0.5, 0.6) is 5.75 Å². The molecule has 2 aromatic heterocycles.